The molecule has 1 aliphatic rings. The molecule has 24 heavy (non-hydrogen) atoms. The van der Waals surface area contributed by atoms with E-state index in [2.05, 4.69) is 13.8 Å². The van der Waals surface area contributed by atoms with Crippen LogP contribution >= 0.6 is 0 Å². The highest BCUT2D eigenvalue weighted by Gasteiger charge is 2.33. The van der Waals surface area contributed by atoms with Gasteiger partial charge in [-0.3, -0.25) is 4.79 Å². The van der Waals surface area contributed by atoms with E-state index >= 15 is 0 Å². The van der Waals surface area contributed by atoms with E-state index < -0.39 is 6.10 Å². The molecule has 1 aliphatic heterocycles. The Balaban J connectivity index is 1.92. The van der Waals surface area contributed by atoms with Crippen molar-refractivity contribution in [2.24, 2.45) is 0 Å². The Morgan fingerprint density at radius 1 is 1.04 bits per heavy atom. The molecule has 134 valence electrons. The molecule has 0 aliphatic carbocycles. The number of anilines is 1. The molecule has 0 aromatic heterocycles. The summed E-state index contributed by atoms with van der Waals surface area (Å²) in [6.45, 7) is 6.46. The Morgan fingerprint density at radius 3 is 2.58 bits per heavy atom. The minimum atomic E-state index is -0.423. The third-order valence-electron chi connectivity index (χ3n) is 4.37. The number of carbonyl (C=O) groups is 1. The fourth-order valence-corrected chi connectivity index (χ4v) is 2.96. The molecule has 2 rings (SSSR count). The first-order valence-electron chi connectivity index (χ1n) is 9.42. The normalized spacial score (nSPS) is 16.8. The summed E-state index contributed by atoms with van der Waals surface area (Å²) >= 11 is 0. The first-order chi connectivity index (χ1) is 11.8. The van der Waals surface area contributed by atoms with Crippen molar-refractivity contribution in [2.45, 2.75) is 64.9 Å². The summed E-state index contributed by atoms with van der Waals surface area (Å²) in [6, 6.07) is 7.83. The Morgan fingerprint density at radius 2 is 1.79 bits per heavy atom. The van der Waals surface area contributed by atoms with E-state index in [1.807, 2.05) is 29.2 Å². The van der Waals surface area contributed by atoms with Crippen LogP contribution in [0.25, 0.3) is 0 Å². The maximum absolute atomic E-state index is 12.8. The number of carbonyl (C=O) groups excluding carboxylic acids is 1. The minimum Gasteiger partial charge on any atom is -0.478 e. The predicted molar refractivity (Wildman–Crippen MR) is 97.7 cm³/mol. The smallest absolute Gasteiger partial charge is 0.268 e. The van der Waals surface area contributed by atoms with E-state index in [0.717, 1.165) is 50.3 Å². The number of rotatable bonds is 11. The van der Waals surface area contributed by atoms with Gasteiger partial charge in [0.25, 0.3) is 5.91 Å². The molecule has 1 unspecified atom stereocenters. The quantitative estimate of drug-likeness (QED) is 0.557. The van der Waals surface area contributed by atoms with Crippen LogP contribution in [-0.4, -0.2) is 31.8 Å². The van der Waals surface area contributed by atoms with Crippen LogP contribution in [0.2, 0.25) is 0 Å². The zero-order chi connectivity index (χ0) is 17.2. The number of hydrogen-bond donors (Lipinski definition) is 0. The van der Waals surface area contributed by atoms with Crippen LogP contribution in [0.5, 0.6) is 5.75 Å². The van der Waals surface area contributed by atoms with E-state index in [9.17, 15) is 4.79 Å². The fraction of sp³-hybridized carbons (Fsp3) is 0.650. The van der Waals surface area contributed by atoms with Crippen molar-refractivity contribution in [1.82, 2.24) is 0 Å². The number of ether oxygens (including phenoxy) is 2. The molecule has 0 bridgehead atoms. The fourth-order valence-electron chi connectivity index (χ4n) is 2.96. The molecule has 1 aromatic carbocycles. The van der Waals surface area contributed by atoms with Gasteiger partial charge in [-0.2, -0.15) is 0 Å². The van der Waals surface area contributed by atoms with Crippen LogP contribution < -0.4 is 9.64 Å². The number of nitrogens with zero attached hydrogens (tertiary/aromatic N) is 1. The van der Waals surface area contributed by atoms with Crippen molar-refractivity contribution in [1.29, 1.82) is 0 Å². The highest BCUT2D eigenvalue weighted by molar-refractivity contribution is 5.99. The molecule has 0 N–H and O–H groups in total. The summed E-state index contributed by atoms with van der Waals surface area (Å²) in [4.78, 5) is 14.7. The summed E-state index contributed by atoms with van der Waals surface area (Å²) in [6.07, 6.45) is 6.97. The highest BCUT2D eigenvalue weighted by atomic mass is 16.5. The van der Waals surface area contributed by atoms with Gasteiger partial charge in [0.15, 0.2) is 6.10 Å². The lowest BCUT2D eigenvalue weighted by Crippen LogP contribution is -2.46. The number of benzene rings is 1. The van der Waals surface area contributed by atoms with Crippen LogP contribution in [0.1, 0.15) is 58.8 Å². The van der Waals surface area contributed by atoms with E-state index in [1.54, 1.807) is 0 Å². The van der Waals surface area contributed by atoms with Crippen LogP contribution in [0.3, 0.4) is 0 Å². The summed E-state index contributed by atoms with van der Waals surface area (Å²) < 4.78 is 11.6. The topological polar surface area (TPSA) is 38.8 Å². The Hall–Kier alpha value is -1.55. The van der Waals surface area contributed by atoms with Gasteiger partial charge >= 0.3 is 0 Å². The Kier molecular flexibility index (Phi) is 8.10. The average molecular weight is 333 g/mol. The molecule has 1 aromatic rings. The van der Waals surface area contributed by atoms with Crippen LogP contribution in [0.15, 0.2) is 24.3 Å². The van der Waals surface area contributed by atoms with Gasteiger partial charge in [0.05, 0.1) is 12.3 Å². The molecule has 1 atom stereocenters. The van der Waals surface area contributed by atoms with Crippen LogP contribution in [0.4, 0.5) is 5.69 Å². The second-order valence-corrected chi connectivity index (χ2v) is 6.38. The molecule has 0 saturated heterocycles. The van der Waals surface area contributed by atoms with Gasteiger partial charge in [-0.25, -0.2) is 0 Å². The summed E-state index contributed by atoms with van der Waals surface area (Å²) in [5, 5.41) is 0. The van der Waals surface area contributed by atoms with E-state index in [-0.39, 0.29) is 5.91 Å². The van der Waals surface area contributed by atoms with E-state index in [4.69, 9.17) is 9.47 Å². The first-order valence-corrected chi connectivity index (χ1v) is 9.42. The minimum absolute atomic E-state index is 0.0713. The van der Waals surface area contributed by atoms with Gasteiger partial charge in [0, 0.05) is 19.6 Å². The lowest BCUT2D eigenvalue weighted by atomic mass is 10.1. The molecule has 0 fully saturated rings. The third-order valence-corrected chi connectivity index (χ3v) is 4.37. The molecule has 0 saturated carbocycles. The number of unbranched alkanes of at least 4 members (excludes halogenated alkanes) is 4. The van der Waals surface area contributed by atoms with Crippen molar-refractivity contribution in [3.8, 4) is 5.75 Å². The van der Waals surface area contributed by atoms with Gasteiger partial charge in [0.2, 0.25) is 0 Å². The second-order valence-electron chi connectivity index (χ2n) is 6.38. The Labute approximate surface area is 146 Å². The number of hydrogen-bond acceptors (Lipinski definition) is 3. The van der Waals surface area contributed by atoms with Crippen molar-refractivity contribution in [2.75, 3.05) is 24.7 Å². The summed E-state index contributed by atoms with van der Waals surface area (Å²) in [5.41, 5.74) is 0.902. The SMILES string of the molecule is CCCCCOCCC1Oc2ccccc2N(CCCCC)C1=O. The summed E-state index contributed by atoms with van der Waals surface area (Å²) in [5.74, 6) is 0.881. The van der Waals surface area contributed by atoms with Crippen molar-refractivity contribution >= 4 is 11.6 Å². The highest BCUT2D eigenvalue weighted by Crippen LogP contribution is 2.34. The standard InChI is InChI=1S/C20H31NO3/c1-3-5-9-14-21-17-11-7-8-12-18(17)24-19(20(21)22)13-16-23-15-10-6-4-2/h7-8,11-12,19H,3-6,9-10,13-16H2,1-2H3. The average Bonchev–Trinajstić information content (AvgIpc) is 2.60. The van der Waals surface area contributed by atoms with E-state index in [1.165, 1.54) is 12.8 Å². The third kappa shape index (κ3) is 5.23. The van der Waals surface area contributed by atoms with Crippen LogP contribution in [-0.2, 0) is 9.53 Å². The molecule has 4 heteroatoms. The number of para-hydroxylation sites is 2. The van der Waals surface area contributed by atoms with Gasteiger partial charge in [-0.1, -0.05) is 51.7 Å². The molecule has 1 amide bonds. The lowest BCUT2D eigenvalue weighted by Gasteiger charge is -2.34. The van der Waals surface area contributed by atoms with Crippen molar-refractivity contribution < 1.29 is 14.3 Å². The summed E-state index contributed by atoms with van der Waals surface area (Å²) in [7, 11) is 0. The first kappa shape index (κ1) is 18.8. The molecule has 0 radical (unpaired) electrons. The zero-order valence-corrected chi connectivity index (χ0v) is 15.1. The predicted octanol–water partition coefficient (Wildman–Crippen LogP) is 4.57. The molecular weight excluding hydrogens is 302 g/mol. The van der Waals surface area contributed by atoms with Gasteiger partial charge < -0.3 is 14.4 Å². The maximum Gasteiger partial charge on any atom is 0.268 e. The Bertz CT molecular complexity index is 503. The van der Waals surface area contributed by atoms with Gasteiger partial charge in [-0.05, 0) is 25.0 Å². The number of fused-ring (bicyclic) bond motifs is 1. The molecular formula is C20H31NO3. The van der Waals surface area contributed by atoms with Crippen molar-refractivity contribution in [3.63, 3.8) is 0 Å². The monoisotopic (exact) mass is 333 g/mol. The molecule has 0 spiro atoms. The number of amides is 1. The van der Waals surface area contributed by atoms with Crippen LogP contribution in [0, 0.1) is 0 Å². The lowest BCUT2D eigenvalue weighted by molar-refractivity contribution is -0.127. The molecule has 4 nitrogen and oxygen atoms in total. The van der Waals surface area contributed by atoms with Crippen molar-refractivity contribution in [3.05, 3.63) is 24.3 Å². The molecule has 1 heterocycles. The van der Waals surface area contributed by atoms with E-state index in [0.29, 0.717) is 13.0 Å². The zero-order valence-electron chi connectivity index (χ0n) is 15.1. The second kappa shape index (κ2) is 10.3. The largest absolute Gasteiger partial charge is 0.478 e. The van der Waals surface area contributed by atoms with Gasteiger partial charge in [-0.15, -0.1) is 0 Å². The van der Waals surface area contributed by atoms with Gasteiger partial charge in [0.1, 0.15) is 5.75 Å². The maximum atomic E-state index is 12.8.